The minimum Gasteiger partial charge on any atom is -0.408 e. The molecule has 1 heterocycles. The van der Waals surface area contributed by atoms with E-state index in [-0.39, 0.29) is 11.8 Å². The number of aryl methyl sites for hydroxylation is 1. The first kappa shape index (κ1) is 14.3. The minimum absolute atomic E-state index is 0.105. The Balaban J connectivity index is 2.22. The zero-order valence-electron chi connectivity index (χ0n) is 11.8. The Labute approximate surface area is 116 Å². The van der Waals surface area contributed by atoms with Crippen LogP contribution in [0, 0.1) is 5.92 Å². The number of aromatic nitrogens is 1. The summed E-state index contributed by atoms with van der Waals surface area (Å²) in [7, 11) is 1.63. The largest absolute Gasteiger partial charge is 0.419 e. The monoisotopic (exact) mass is 277 g/mol. The number of oxazole rings is 1. The molecule has 0 aliphatic heterocycles. The van der Waals surface area contributed by atoms with E-state index in [0.717, 1.165) is 6.42 Å². The van der Waals surface area contributed by atoms with Gasteiger partial charge in [0.1, 0.15) is 0 Å². The van der Waals surface area contributed by atoms with Gasteiger partial charge in [-0.15, -0.1) is 0 Å². The van der Waals surface area contributed by atoms with Gasteiger partial charge in [-0.05, 0) is 18.1 Å². The van der Waals surface area contributed by atoms with E-state index in [1.165, 1.54) is 4.57 Å². The summed E-state index contributed by atoms with van der Waals surface area (Å²) in [6.07, 6.45) is 0.835. The van der Waals surface area contributed by atoms with Crippen LogP contribution < -0.4 is 16.8 Å². The summed E-state index contributed by atoms with van der Waals surface area (Å²) < 4.78 is 6.48. The molecule has 0 saturated heterocycles. The van der Waals surface area contributed by atoms with E-state index in [1.807, 2.05) is 13.8 Å². The topological polar surface area (TPSA) is 90.3 Å². The zero-order chi connectivity index (χ0) is 14.9. The number of benzene rings is 1. The summed E-state index contributed by atoms with van der Waals surface area (Å²) >= 11 is 0. The normalized spacial score (nSPS) is 14.2. The van der Waals surface area contributed by atoms with Crippen LogP contribution in [0.1, 0.15) is 20.3 Å². The zero-order valence-corrected chi connectivity index (χ0v) is 11.8. The van der Waals surface area contributed by atoms with Crippen LogP contribution in [-0.2, 0) is 11.8 Å². The SMILES string of the molecule is CCC(C)C(N)C(=O)Nc1ccc2c(c1)oc(=O)n2C. The molecule has 108 valence electrons. The Morgan fingerprint density at radius 3 is 2.85 bits per heavy atom. The molecule has 2 rings (SSSR count). The van der Waals surface area contributed by atoms with Gasteiger partial charge in [0, 0.05) is 18.8 Å². The summed E-state index contributed by atoms with van der Waals surface area (Å²) in [5.74, 6) is -0.565. The van der Waals surface area contributed by atoms with Gasteiger partial charge >= 0.3 is 5.76 Å². The highest BCUT2D eigenvalue weighted by atomic mass is 16.4. The fourth-order valence-electron chi connectivity index (χ4n) is 1.95. The molecule has 1 aromatic carbocycles. The summed E-state index contributed by atoms with van der Waals surface area (Å²) in [5, 5.41) is 2.74. The van der Waals surface area contributed by atoms with Crippen molar-refractivity contribution in [3.8, 4) is 0 Å². The number of anilines is 1. The molecule has 0 aliphatic carbocycles. The number of nitrogens with zero attached hydrogens (tertiary/aromatic N) is 1. The van der Waals surface area contributed by atoms with E-state index >= 15 is 0 Å². The van der Waals surface area contributed by atoms with E-state index in [9.17, 15) is 9.59 Å². The van der Waals surface area contributed by atoms with Crippen LogP contribution in [0.3, 0.4) is 0 Å². The molecule has 0 aliphatic rings. The van der Waals surface area contributed by atoms with Crippen molar-refractivity contribution in [3.63, 3.8) is 0 Å². The lowest BCUT2D eigenvalue weighted by atomic mass is 9.99. The number of fused-ring (bicyclic) bond motifs is 1. The number of nitrogens with one attached hydrogen (secondary N) is 1. The number of hydrogen-bond acceptors (Lipinski definition) is 4. The molecule has 1 aromatic heterocycles. The van der Waals surface area contributed by atoms with E-state index in [2.05, 4.69) is 5.32 Å². The summed E-state index contributed by atoms with van der Waals surface area (Å²) in [5.41, 5.74) is 7.55. The van der Waals surface area contributed by atoms with Gasteiger partial charge in [0.2, 0.25) is 5.91 Å². The van der Waals surface area contributed by atoms with Gasteiger partial charge in [0.25, 0.3) is 0 Å². The molecule has 6 nitrogen and oxygen atoms in total. The van der Waals surface area contributed by atoms with E-state index in [1.54, 1.807) is 25.2 Å². The van der Waals surface area contributed by atoms with Crippen LogP contribution >= 0.6 is 0 Å². The average Bonchev–Trinajstić information content (AvgIpc) is 2.71. The molecule has 6 heteroatoms. The maximum Gasteiger partial charge on any atom is 0.419 e. The van der Waals surface area contributed by atoms with Gasteiger partial charge in [-0.2, -0.15) is 0 Å². The molecule has 0 saturated carbocycles. The van der Waals surface area contributed by atoms with Gasteiger partial charge in [-0.1, -0.05) is 20.3 Å². The Morgan fingerprint density at radius 1 is 1.50 bits per heavy atom. The number of hydrogen-bond donors (Lipinski definition) is 2. The minimum atomic E-state index is -0.557. The lowest BCUT2D eigenvalue weighted by Gasteiger charge is -2.17. The van der Waals surface area contributed by atoms with Crippen molar-refractivity contribution < 1.29 is 9.21 Å². The predicted octanol–water partition coefficient (Wildman–Crippen LogP) is 1.44. The van der Waals surface area contributed by atoms with Crippen LogP contribution in [0.2, 0.25) is 0 Å². The lowest BCUT2D eigenvalue weighted by molar-refractivity contribution is -0.118. The number of nitrogens with two attached hydrogens (primary N) is 1. The van der Waals surface area contributed by atoms with Crippen LogP contribution in [0.4, 0.5) is 5.69 Å². The highest BCUT2D eigenvalue weighted by Crippen LogP contribution is 2.18. The Morgan fingerprint density at radius 2 is 2.20 bits per heavy atom. The molecular weight excluding hydrogens is 258 g/mol. The van der Waals surface area contributed by atoms with Crippen molar-refractivity contribution in [1.82, 2.24) is 4.57 Å². The number of rotatable bonds is 4. The second-order valence-corrected chi connectivity index (χ2v) is 5.01. The van der Waals surface area contributed by atoms with Crippen molar-refractivity contribution in [1.29, 1.82) is 0 Å². The van der Waals surface area contributed by atoms with Crippen molar-refractivity contribution in [3.05, 3.63) is 28.7 Å². The van der Waals surface area contributed by atoms with Crippen molar-refractivity contribution in [2.45, 2.75) is 26.3 Å². The number of carbonyl (C=O) groups is 1. The number of carbonyl (C=O) groups excluding carboxylic acids is 1. The van der Waals surface area contributed by atoms with E-state index < -0.39 is 11.8 Å². The summed E-state index contributed by atoms with van der Waals surface area (Å²) in [6.45, 7) is 3.92. The quantitative estimate of drug-likeness (QED) is 0.884. The molecule has 2 aromatic rings. The Hall–Kier alpha value is -2.08. The first-order valence-corrected chi connectivity index (χ1v) is 6.60. The smallest absolute Gasteiger partial charge is 0.408 e. The first-order valence-electron chi connectivity index (χ1n) is 6.60. The predicted molar refractivity (Wildman–Crippen MR) is 77.5 cm³/mol. The van der Waals surface area contributed by atoms with Crippen LogP contribution in [0.5, 0.6) is 0 Å². The molecule has 3 N–H and O–H groups in total. The van der Waals surface area contributed by atoms with Crippen LogP contribution in [-0.4, -0.2) is 16.5 Å². The van der Waals surface area contributed by atoms with Gasteiger partial charge in [0.15, 0.2) is 5.58 Å². The van der Waals surface area contributed by atoms with E-state index in [0.29, 0.717) is 16.8 Å². The Kier molecular flexibility index (Phi) is 3.94. The van der Waals surface area contributed by atoms with Crippen molar-refractivity contribution in [2.24, 2.45) is 18.7 Å². The molecule has 0 spiro atoms. The first-order chi connectivity index (χ1) is 9.43. The van der Waals surface area contributed by atoms with Gasteiger partial charge < -0.3 is 15.5 Å². The molecule has 0 radical (unpaired) electrons. The van der Waals surface area contributed by atoms with Gasteiger partial charge in [0.05, 0.1) is 11.6 Å². The van der Waals surface area contributed by atoms with Crippen molar-refractivity contribution >= 4 is 22.7 Å². The molecule has 0 fully saturated rings. The molecule has 1 amide bonds. The lowest BCUT2D eigenvalue weighted by Crippen LogP contribution is -2.40. The highest BCUT2D eigenvalue weighted by Gasteiger charge is 2.19. The third kappa shape index (κ3) is 2.60. The standard InChI is InChI=1S/C14H19N3O3/c1-4-8(2)12(15)13(18)16-9-5-6-10-11(7-9)20-14(19)17(10)3/h5-8,12H,4,15H2,1-3H3,(H,16,18). The maximum atomic E-state index is 12.0. The molecule has 2 unspecified atom stereocenters. The molecule has 2 atom stereocenters. The van der Waals surface area contributed by atoms with Crippen LogP contribution in [0.15, 0.2) is 27.4 Å². The Bertz CT molecular complexity index is 687. The number of amides is 1. The van der Waals surface area contributed by atoms with Crippen LogP contribution in [0.25, 0.3) is 11.1 Å². The van der Waals surface area contributed by atoms with Crippen molar-refractivity contribution in [2.75, 3.05) is 5.32 Å². The highest BCUT2D eigenvalue weighted by molar-refractivity contribution is 5.96. The average molecular weight is 277 g/mol. The van der Waals surface area contributed by atoms with Gasteiger partial charge in [-0.25, -0.2) is 4.79 Å². The molecule has 20 heavy (non-hydrogen) atoms. The second-order valence-electron chi connectivity index (χ2n) is 5.01. The molecular formula is C14H19N3O3. The molecule has 0 bridgehead atoms. The van der Waals surface area contributed by atoms with E-state index in [4.69, 9.17) is 10.2 Å². The fourth-order valence-corrected chi connectivity index (χ4v) is 1.95. The maximum absolute atomic E-state index is 12.0. The van der Waals surface area contributed by atoms with Gasteiger partial charge in [-0.3, -0.25) is 9.36 Å². The summed E-state index contributed by atoms with van der Waals surface area (Å²) in [4.78, 5) is 23.4. The second kappa shape index (κ2) is 5.50. The fraction of sp³-hybridized carbons (Fsp3) is 0.429. The third-order valence-electron chi connectivity index (χ3n) is 3.62. The third-order valence-corrected chi connectivity index (χ3v) is 3.62. The summed E-state index contributed by atoms with van der Waals surface area (Å²) in [6, 6.07) is 4.51.